The molecule has 2 heterocycles. The summed E-state index contributed by atoms with van der Waals surface area (Å²) in [7, 11) is -3.80. The molecule has 0 unspecified atom stereocenters. The molecule has 0 bridgehead atoms. The van der Waals surface area contributed by atoms with E-state index < -0.39 is 10.0 Å². The van der Waals surface area contributed by atoms with Crippen LogP contribution in [-0.2, 0) is 22.9 Å². The highest BCUT2D eigenvalue weighted by molar-refractivity contribution is 7.90. The van der Waals surface area contributed by atoms with Gasteiger partial charge in [-0.15, -0.1) is 0 Å². The largest absolute Gasteiger partial charge is 0.269 e. The minimum Gasteiger partial charge on any atom is -0.233 e. The highest BCUT2D eigenvalue weighted by atomic mass is 32.2. The lowest BCUT2D eigenvalue weighted by Crippen LogP contribution is -2.14. The Morgan fingerprint density at radius 1 is 0.806 bits per heavy atom. The number of fused-ring (bicyclic) bond motifs is 6. The molecule has 152 valence electrons. The van der Waals surface area contributed by atoms with Crippen LogP contribution in [-0.4, -0.2) is 17.4 Å². The number of pyridine rings is 1. The Morgan fingerprint density at radius 2 is 1.55 bits per heavy atom. The van der Waals surface area contributed by atoms with Gasteiger partial charge in [-0.1, -0.05) is 60.2 Å². The Kier molecular flexibility index (Phi) is 3.86. The topological polar surface area (TPSA) is 52.0 Å². The van der Waals surface area contributed by atoms with Crippen LogP contribution < -0.4 is 0 Å². The lowest BCUT2D eigenvalue weighted by molar-refractivity contribution is 0.590. The number of benzene rings is 3. The Balaban J connectivity index is 1.71. The fraction of sp³-hybridized carbons (Fsp3) is 0.115. The SMILES string of the molecule is Cc1ccc(S(=O)(=O)n2c3ccccc3c3cc4c(nc32)CCc2ccccc2-4)cc1. The third-order valence-electron chi connectivity index (χ3n) is 6.18. The van der Waals surface area contributed by atoms with Gasteiger partial charge in [0.05, 0.1) is 16.1 Å². The molecule has 2 aromatic heterocycles. The van der Waals surface area contributed by atoms with Crippen molar-refractivity contribution in [2.45, 2.75) is 24.7 Å². The molecule has 31 heavy (non-hydrogen) atoms. The predicted molar refractivity (Wildman–Crippen MR) is 124 cm³/mol. The molecule has 0 saturated heterocycles. The molecule has 0 aliphatic heterocycles. The Labute approximate surface area is 180 Å². The van der Waals surface area contributed by atoms with Crippen molar-refractivity contribution in [3.8, 4) is 11.1 Å². The Morgan fingerprint density at radius 3 is 2.39 bits per heavy atom. The number of hydrogen-bond acceptors (Lipinski definition) is 3. The van der Waals surface area contributed by atoms with E-state index in [0.29, 0.717) is 11.2 Å². The minimum absolute atomic E-state index is 0.269. The molecule has 0 radical (unpaired) electrons. The highest BCUT2D eigenvalue weighted by Gasteiger charge is 2.26. The number of para-hydroxylation sites is 1. The monoisotopic (exact) mass is 424 g/mol. The molecule has 0 fully saturated rings. The second kappa shape index (κ2) is 6.53. The van der Waals surface area contributed by atoms with Crippen LogP contribution in [0.15, 0.2) is 83.8 Å². The van der Waals surface area contributed by atoms with Crippen LogP contribution >= 0.6 is 0 Å². The van der Waals surface area contributed by atoms with E-state index in [2.05, 4.69) is 24.3 Å². The van der Waals surface area contributed by atoms with Gasteiger partial charge in [0.25, 0.3) is 10.0 Å². The van der Waals surface area contributed by atoms with Gasteiger partial charge in [-0.25, -0.2) is 17.4 Å². The van der Waals surface area contributed by atoms with Gasteiger partial charge in [0.1, 0.15) is 0 Å². The number of nitrogens with zero attached hydrogens (tertiary/aromatic N) is 2. The van der Waals surface area contributed by atoms with E-state index in [4.69, 9.17) is 4.98 Å². The van der Waals surface area contributed by atoms with Crippen LogP contribution in [0.2, 0.25) is 0 Å². The van der Waals surface area contributed by atoms with E-state index >= 15 is 0 Å². The zero-order valence-corrected chi connectivity index (χ0v) is 17.9. The summed E-state index contributed by atoms with van der Waals surface area (Å²) in [6.07, 6.45) is 1.71. The molecule has 0 saturated carbocycles. The first-order chi connectivity index (χ1) is 15.0. The highest BCUT2D eigenvalue weighted by Crippen LogP contribution is 2.38. The summed E-state index contributed by atoms with van der Waals surface area (Å²) in [5, 5.41) is 1.76. The van der Waals surface area contributed by atoms with E-state index in [-0.39, 0.29) is 4.90 Å². The van der Waals surface area contributed by atoms with Crippen LogP contribution in [0, 0.1) is 6.92 Å². The van der Waals surface area contributed by atoms with Crippen molar-refractivity contribution in [1.82, 2.24) is 8.96 Å². The van der Waals surface area contributed by atoms with Crippen molar-refractivity contribution in [2.24, 2.45) is 0 Å². The van der Waals surface area contributed by atoms with Gasteiger partial charge in [-0.2, -0.15) is 0 Å². The summed E-state index contributed by atoms with van der Waals surface area (Å²) in [4.78, 5) is 5.21. The molecule has 4 nitrogen and oxygen atoms in total. The van der Waals surface area contributed by atoms with E-state index in [9.17, 15) is 8.42 Å². The smallest absolute Gasteiger partial charge is 0.233 e. The van der Waals surface area contributed by atoms with Gasteiger partial charge >= 0.3 is 0 Å². The molecule has 6 rings (SSSR count). The maximum atomic E-state index is 13.7. The molecule has 1 aliphatic rings. The molecule has 0 atom stereocenters. The van der Waals surface area contributed by atoms with E-state index in [1.807, 2.05) is 49.4 Å². The van der Waals surface area contributed by atoms with Crippen LogP contribution in [0.25, 0.3) is 33.1 Å². The fourth-order valence-corrected chi connectivity index (χ4v) is 6.10. The molecule has 1 aliphatic carbocycles. The quantitative estimate of drug-likeness (QED) is 0.376. The molecule has 0 amide bonds. The summed E-state index contributed by atoms with van der Waals surface area (Å²) in [5.41, 5.74) is 6.73. The normalized spacial score (nSPS) is 13.3. The van der Waals surface area contributed by atoms with Gasteiger partial charge in [0, 0.05) is 16.3 Å². The van der Waals surface area contributed by atoms with Gasteiger partial charge in [-0.3, -0.25) is 0 Å². The predicted octanol–water partition coefficient (Wildman–Crippen LogP) is 5.50. The van der Waals surface area contributed by atoms with Crippen molar-refractivity contribution in [3.05, 3.63) is 95.7 Å². The van der Waals surface area contributed by atoms with Crippen molar-refractivity contribution in [1.29, 1.82) is 0 Å². The molecular formula is C26H20N2O2S. The van der Waals surface area contributed by atoms with Gasteiger partial charge in [0.15, 0.2) is 5.65 Å². The van der Waals surface area contributed by atoms with E-state index in [1.54, 1.807) is 12.1 Å². The molecular weight excluding hydrogens is 404 g/mol. The van der Waals surface area contributed by atoms with Gasteiger partial charge in [-0.05, 0) is 55.2 Å². The fourth-order valence-electron chi connectivity index (χ4n) is 4.62. The standard InChI is InChI=1S/C26H20N2O2S/c1-17-10-13-19(14-11-17)31(29,30)28-25-9-5-4-8-21(25)23-16-22-20-7-3-2-6-18(20)12-15-24(22)27-26(23)28/h2-11,13-14,16H,12,15H2,1H3. The number of hydrogen-bond donors (Lipinski definition) is 0. The van der Waals surface area contributed by atoms with Gasteiger partial charge < -0.3 is 0 Å². The van der Waals surface area contributed by atoms with Crippen molar-refractivity contribution >= 4 is 32.0 Å². The van der Waals surface area contributed by atoms with Crippen LogP contribution in [0.5, 0.6) is 0 Å². The maximum Gasteiger partial charge on any atom is 0.269 e. The molecule has 0 spiro atoms. The minimum atomic E-state index is -3.80. The zero-order valence-electron chi connectivity index (χ0n) is 17.0. The van der Waals surface area contributed by atoms with Gasteiger partial charge in [0.2, 0.25) is 0 Å². The van der Waals surface area contributed by atoms with Crippen LogP contribution in [0.3, 0.4) is 0 Å². The second-order valence-corrected chi connectivity index (χ2v) is 9.90. The average Bonchev–Trinajstić information content (AvgIpc) is 3.12. The zero-order chi connectivity index (χ0) is 21.2. The Bertz CT molecular complexity index is 1600. The number of rotatable bonds is 2. The summed E-state index contributed by atoms with van der Waals surface area (Å²) in [5.74, 6) is 0. The molecule has 0 N–H and O–H groups in total. The second-order valence-electron chi connectivity index (χ2n) is 8.11. The maximum absolute atomic E-state index is 13.7. The van der Waals surface area contributed by atoms with Crippen molar-refractivity contribution in [2.75, 3.05) is 0 Å². The van der Waals surface area contributed by atoms with E-state index in [1.165, 1.54) is 15.1 Å². The number of aromatic nitrogens is 2. The van der Waals surface area contributed by atoms with Crippen LogP contribution in [0.1, 0.15) is 16.8 Å². The summed E-state index contributed by atoms with van der Waals surface area (Å²) in [6.45, 7) is 1.95. The third-order valence-corrected chi connectivity index (χ3v) is 7.90. The van der Waals surface area contributed by atoms with E-state index in [0.717, 1.165) is 40.4 Å². The molecule has 3 aromatic carbocycles. The Hall–Kier alpha value is -3.44. The number of aryl methyl sites for hydroxylation is 3. The summed E-state index contributed by atoms with van der Waals surface area (Å²) >= 11 is 0. The third kappa shape index (κ3) is 2.66. The summed E-state index contributed by atoms with van der Waals surface area (Å²) in [6, 6.07) is 25.2. The lowest BCUT2D eigenvalue weighted by atomic mass is 9.88. The first-order valence-electron chi connectivity index (χ1n) is 10.4. The first kappa shape index (κ1) is 18.3. The van der Waals surface area contributed by atoms with Crippen molar-refractivity contribution in [3.63, 3.8) is 0 Å². The summed E-state index contributed by atoms with van der Waals surface area (Å²) < 4.78 is 28.9. The van der Waals surface area contributed by atoms with Crippen LogP contribution in [0.4, 0.5) is 0 Å². The lowest BCUT2D eigenvalue weighted by Gasteiger charge is -2.19. The average molecular weight is 425 g/mol. The van der Waals surface area contributed by atoms with Crippen molar-refractivity contribution < 1.29 is 8.42 Å². The first-order valence-corrected chi connectivity index (χ1v) is 11.8. The molecule has 5 heteroatoms. The molecule has 5 aromatic rings.